The van der Waals surface area contributed by atoms with Crippen LogP contribution in [0.4, 0.5) is 0 Å². The Balaban J connectivity index is 2.58. The van der Waals surface area contributed by atoms with Crippen LogP contribution in [-0.4, -0.2) is 35.1 Å². The summed E-state index contributed by atoms with van der Waals surface area (Å²) in [7, 11) is 2.05. The van der Waals surface area contributed by atoms with Gasteiger partial charge in [-0.3, -0.25) is 4.90 Å². The Kier molecular flexibility index (Phi) is 3.75. The average Bonchev–Trinajstić information content (AvgIpc) is 3.00. The van der Waals surface area contributed by atoms with Crippen LogP contribution in [0.3, 0.4) is 0 Å². The highest BCUT2D eigenvalue weighted by molar-refractivity contribution is 5.85. The maximum atomic E-state index is 8.66. The first kappa shape index (κ1) is 11.3. The summed E-state index contributed by atoms with van der Waals surface area (Å²) in [5.41, 5.74) is 5.65. The number of hydrogen-bond acceptors (Lipinski definition) is 3. The van der Waals surface area contributed by atoms with Gasteiger partial charge in [0.1, 0.15) is 0 Å². The number of amidine groups is 1. The minimum Gasteiger partial charge on any atom is -0.409 e. The fourth-order valence-corrected chi connectivity index (χ4v) is 1.97. The highest BCUT2D eigenvalue weighted by Gasteiger charge is 2.33. The lowest BCUT2D eigenvalue weighted by molar-refractivity contribution is 0.197. The molecule has 2 atom stereocenters. The molecule has 0 aromatic carbocycles. The molecule has 1 rings (SSSR count). The average molecular weight is 199 g/mol. The van der Waals surface area contributed by atoms with Gasteiger partial charge in [0.2, 0.25) is 0 Å². The molecule has 1 aliphatic carbocycles. The van der Waals surface area contributed by atoms with Gasteiger partial charge < -0.3 is 10.9 Å². The third kappa shape index (κ3) is 2.38. The number of nitrogens with two attached hydrogens (primary N) is 1. The lowest BCUT2D eigenvalue weighted by atomic mass is 10.1. The predicted molar refractivity (Wildman–Crippen MR) is 57.4 cm³/mol. The van der Waals surface area contributed by atoms with Crippen molar-refractivity contribution in [2.75, 3.05) is 7.05 Å². The molecule has 4 heteroatoms. The smallest absolute Gasteiger partial charge is 0.156 e. The second kappa shape index (κ2) is 4.64. The SMILES string of the molecule is CCC(C(N)=NO)N(C)C(C)C1CC1. The molecular weight excluding hydrogens is 178 g/mol. The first-order chi connectivity index (χ1) is 6.61. The molecule has 82 valence electrons. The van der Waals surface area contributed by atoms with Gasteiger partial charge in [-0.2, -0.15) is 0 Å². The van der Waals surface area contributed by atoms with Crippen molar-refractivity contribution in [1.29, 1.82) is 0 Å². The summed E-state index contributed by atoms with van der Waals surface area (Å²) < 4.78 is 0. The van der Waals surface area contributed by atoms with Crippen LogP contribution in [0.15, 0.2) is 5.16 Å². The fourth-order valence-electron chi connectivity index (χ4n) is 1.97. The summed E-state index contributed by atoms with van der Waals surface area (Å²) >= 11 is 0. The fraction of sp³-hybridized carbons (Fsp3) is 0.900. The standard InChI is InChI=1S/C10H21N3O/c1-4-9(10(11)12-14)13(3)7(2)8-5-6-8/h7-9,14H,4-6H2,1-3H3,(H2,11,12). The third-order valence-corrected chi connectivity index (χ3v) is 3.28. The van der Waals surface area contributed by atoms with E-state index in [2.05, 4.69) is 31.0 Å². The van der Waals surface area contributed by atoms with Crippen molar-refractivity contribution in [3.63, 3.8) is 0 Å². The van der Waals surface area contributed by atoms with Crippen molar-refractivity contribution < 1.29 is 5.21 Å². The Morgan fingerprint density at radius 2 is 2.21 bits per heavy atom. The molecule has 0 aromatic rings. The minimum atomic E-state index is 0.0654. The zero-order valence-corrected chi connectivity index (χ0v) is 9.27. The first-order valence-corrected chi connectivity index (χ1v) is 5.31. The first-order valence-electron chi connectivity index (χ1n) is 5.31. The molecule has 4 nitrogen and oxygen atoms in total. The molecule has 2 unspecified atom stereocenters. The van der Waals surface area contributed by atoms with E-state index in [-0.39, 0.29) is 6.04 Å². The minimum absolute atomic E-state index is 0.0654. The normalized spacial score (nSPS) is 22.4. The van der Waals surface area contributed by atoms with E-state index in [1.807, 2.05) is 0 Å². The van der Waals surface area contributed by atoms with Gasteiger partial charge in [-0.15, -0.1) is 0 Å². The third-order valence-electron chi connectivity index (χ3n) is 3.28. The molecule has 1 fully saturated rings. The van der Waals surface area contributed by atoms with E-state index in [0.29, 0.717) is 11.9 Å². The van der Waals surface area contributed by atoms with Crippen molar-refractivity contribution in [1.82, 2.24) is 4.90 Å². The van der Waals surface area contributed by atoms with Gasteiger partial charge in [-0.25, -0.2) is 0 Å². The Morgan fingerprint density at radius 3 is 2.57 bits per heavy atom. The van der Waals surface area contributed by atoms with Gasteiger partial charge in [0.25, 0.3) is 0 Å². The molecule has 3 N–H and O–H groups in total. The Labute approximate surface area is 85.8 Å². The summed E-state index contributed by atoms with van der Waals surface area (Å²) in [4.78, 5) is 2.22. The maximum Gasteiger partial charge on any atom is 0.156 e. The van der Waals surface area contributed by atoms with E-state index in [1.54, 1.807) is 0 Å². The Bertz CT molecular complexity index is 213. The van der Waals surface area contributed by atoms with Crippen LogP contribution in [0.25, 0.3) is 0 Å². The quantitative estimate of drug-likeness (QED) is 0.303. The zero-order chi connectivity index (χ0) is 10.7. The zero-order valence-electron chi connectivity index (χ0n) is 9.27. The largest absolute Gasteiger partial charge is 0.409 e. The monoisotopic (exact) mass is 199 g/mol. The van der Waals surface area contributed by atoms with Crippen LogP contribution in [-0.2, 0) is 0 Å². The van der Waals surface area contributed by atoms with Crippen LogP contribution in [0.2, 0.25) is 0 Å². The highest BCUT2D eigenvalue weighted by atomic mass is 16.4. The van der Waals surface area contributed by atoms with E-state index in [4.69, 9.17) is 10.9 Å². The molecule has 0 aliphatic heterocycles. The second-order valence-corrected chi connectivity index (χ2v) is 4.19. The van der Waals surface area contributed by atoms with E-state index < -0.39 is 0 Å². The van der Waals surface area contributed by atoms with E-state index in [9.17, 15) is 0 Å². The molecule has 0 saturated heterocycles. The van der Waals surface area contributed by atoms with Crippen molar-refractivity contribution in [3.05, 3.63) is 0 Å². The number of nitrogens with zero attached hydrogens (tertiary/aromatic N) is 2. The Morgan fingerprint density at radius 1 is 1.64 bits per heavy atom. The lowest BCUT2D eigenvalue weighted by Gasteiger charge is -2.31. The summed E-state index contributed by atoms with van der Waals surface area (Å²) in [6.45, 7) is 4.27. The van der Waals surface area contributed by atoms with Crippen molar-refractivity contribution >= 4 is 5.84 Å². The highest BCUT2D eigenvalue weighted by Crippen LogP contribution is 2.35. The molecule has 14 heavy (non-hydrogen) atoms. The molecular formula is C10H21N3O. The number of likely N-dealkylation sites (N-methyl/N-ethyl adjacent to an activating group) is 1. The molecule has 1 aliphatic rings. The van der Waals surface area contributed by atoms with Gasteiger partial charge >= 0.3 is 0 Å². The number of oxime groups is 1. The summed E-state index contributed by atoms with van der Waals surface area (Å²) in [6.07, 6.45) is 3.51. The Hall–Kier alpha value is -0.770. The van der Waals surface area contributed by atoms with E-state index in [0.717, 1.165) is 12.3 Å². The molecule has 1 saturated carbocycles. The molecule has 0 spiro atoms. The van der Waals surface area contributed by atoms with Crippen LogP contribution in [0.1, 0.15) is 33.1 Å². The molecule has 0 amide bonds. The molecule has 0 heterocycles. The van der Waals surface area contributed by atoms with Crippen LogP contribution in [0.5, 0.6) is 0 Å². The van der Waals surface area contributed by atoms with Gasteiger partial charge in [-0.05, 0) is 39.2 Å². The summed E-state index contributed by atoms with van der Waals surface area (Å²) in [6, 6.07) is 0.593. The van der Waals surface area contributed by atoms with Gasteiger partial charge in [0.15, 0.2) is 5.84 Å². The summed E-state index contributed by atoms with van der Waals surface area (Å²) in [5.74, 6) is 1.13. The van der Waals surface area contributed by atoms with Crippen molar-refractivity contribution in [2.45, 2.75) is 45.2 Å². The predicted octanol–water partition coefficient (Wildman–Crippen LogP) is 1.24. The van der Waals surface area contributed by atoms with Gasteiger partial charge in [-0.1, -0.05) is 12.1 Å². The number of rotatable bonds is 5. The van der Waals surface area contributed by atoms with E-state index in [1.165, 1.54) is 12.8 Å². The van der Waals surface area contributed by atoms with E-state index >= 15 is 0 Å². The number of hydrogen-bond donors (Lipinski definition) is 2. The summed E-state index contributed by atoms with van der Waals surface area (Å²) in [5, 5.41) is 11.8. The second-order valence-electron chi connectivity index (χ2n) is 4.19. The lowest BCUT2D eigenvalue weighted by Crippen LogP contribution is -2.47. The molecule has 0 aromatic heterocycles. The molecule has 0 bridgehead atoms. The van der Waals surface area contributed by atoms with Gasteiger partial charge in [0.05, 0.1) is 6.04 Å². The van der Waals surface area contributed by atoms with Crippen LogP contribution < -0.4 is 5.73 Å². The van der Waals surface area contributed by atoms with Crippen LogP contribution >= 0.6 is 0 Å². The van der Waals surface area contributed by atoms with Gasteiger partial charge in [0, 0.05) is 6.04 Å². The maximum absolute atomic E-state index is 8.66. The topological polar surface area (TPSA) is 61.9 Å². The van der Waals surface area contributed by atoms with Crippen molar-refractivity contribution in [3.8, 4) is 0 Å². The molecule has 0 radical (unpaired) electrons. The van der Waals surface area contributed by atoms with Crippen molar-refractivity contribution in [2.24, 2.45) is 16.8 Å². The van der Waals surface area contributed by atoms with Crippen LogP contribution in [0, 0.1) is 5.92 Å².